The Morgan fingerprint density at radius 2 is 2.05 bits per heavy atom. The standard InChI is InChI=1S/C16H27N3O/c1-12(2)11-16(15(17)20,8-10-18-13(3)4)14-7-5-6-9-19-14/h5-7,9,12-13,18H,8,10-11H2,1-4H3,(H2,17,20)/t16-/m1/s1. The van der Waals surface area contributed by atoms with Crippen molar-refractivity contribution in [1.82, 2.24) is 10.3 Å². The summed E-state index contributed by atoms with van der Waals surface area (Å²) in [4.78, 5) is 16.6. The molecule has 0 aliphatic rings. The molecule has 1 aromatic heterocycles. The Kier molecular flexibility index (Phi) is 6.14. The number of primary amides is 1. The third-order valence-corrected chi connectivity index (χ3v) is 3.49. The van der Waals surface area contributed by atoms with Gasteiger partial charge in [-0.2, -0.15) is 0 Å². The maximum absolute atomic E-state index is 12.2. The van der Waals surface area contributed by atoms with Crippen LogP contribution >= 0.6 is 0 Å². The molecule has 0 spiro atoms. The fourth-order valence-corrected chi connectivity index (χ4v) is 2.60. The molecule has 0 bridgehead atoms. The Morgan fingerprint density at radius 1 is 1.35 bits per heavy atom. The SMILES string of the molecule is CC(C)C[C@@](CCNC(C)C)(C(N)=O)c1ccccn1. The first kappa shape index (κ1) is 16.6. The number of hydrogen-bond donors (Lipinski definition) is 2. The quantitative estimate of drug-likeness (QED) is 0.765. The Labute approximate surface area is 122 Å². The van der Waals surface area contributed by atoms with Gasteiger partial charge in [-0.3, -0.25) is 9.78 Å². The van der Waals surface area contributed by atoms with E-state index >= 15 is 0 Å². The fraction of sp³-hybridized carbons (Fsp3) is 0.625. The van der Waals surface area contributed by atoms with E-state index in [1.807, 2.05) is 18.2 Å². The van der Waals surface area contributed by atoms with E-state index in [1.165, 1.54) is 0 Å². The van der Waals surface area contributed by atoms with E-state index in [0.29, 0.717) is 18.4 Å². The first-order chi connectivity index (χ1) is 9.38. The molecule has 1 atom stereocenters. The Balaban J connectivity index is 3.05. The molecule has 1 amide bonds. The van der Waals surface area contributed by atoms with Crippen LogP contribution in [0.3, 0.4) is 0 Å². The van der Waals surface area contributed by atoms with E-state index in [9.17, 15) is 4.79 Å². The van der Waals surface area contributed by atoms with Gasteiger partial charge in [-0.05, 0) is 37.4 Å². The summed E-state index contributed by atoms with van der Waals surface area (Å²) in [6.07, 6.45) is 3.12. The van der Waals surface area contributed by atoms with Crippen molar-refractivity contribution in [1.29, 1.82) is 0 Å². The zero-order valence-electron chi connectivity index (χ0n) is 13.0. The number of hydrogen-bond acceptors (Lipinski definition) is 3. The van der Waals surface area contributed by atoms with Crippen LogP contribution in [-0.4, -0.2) is 23.5 Å². The van der Waals surface area contributed by atoms with E-state index in [1.54, 1.807) is 6.20 Å². The first-order valence-corrected chi connectivity index (χ1v) is 7.33. The number of rotatable bonds is 8. The molecule has 0 saturated heterocycles. The van der Waals surface area contributed by atoms with Gasteiger partial charge < -0.3 is 11.1 Å². The van der Waals surface area contributed by atoms with Gasteiger partial charge in [0.15, 0.2) is 0 Å². The predicted octanol–water partition coefficient (Wildman–Crippen LogP) is 2.24. The van der Waals surface area contributed by atoms with Gasteiger partial charge in [0.1, 0.15) is 0 Å². The van der Waals surface area contributed by atoms with Crippen LogP contribution < -0.4 is 11.1 Å². The molecular formula is C16H27N3O. The zero-order chi connectivity index (χ0) is 15.2. The Hall–Kier alpha value is -1.42. The van der Waals surface area contributed by atoms with Crippen LogP contribution in [0.2, 0.25) is 0 Å². The molecule has 1 heterocycles. The number of aromatic nitrogens is 1. The lowest BCUT2D eigenvalue weighted by Gasteiger charge is -2.32. The van der Waals surface area contributed by atoms with Gasteiger partial charge in [-0.1, -0.05) is 33.8 Å². The van der Waals surface area contributed by atoms with Gasteiger partial charge in [-0.15, -0.1) is 0 Å². The molecule has 0 unspecified atom stereocenters. The predicted molar refractivity (Wildman–Crippen MR) is 82.3 cm³/mol. The van der Waals surface area contributed by atoms with Gasteiger partial charge in [-0.25, -0.2) is 0 Å². The molecule has 4 nitrogen and oxygen atoms in total. The van der Waals surface area contributed by atoms with E-state index in [-0.39, 0.29) is 5.91 Å². The summed E-state index contributed by atoms with van der Waals surface area (Å²) in [5, 5.41) is 3.36. The second kappa shape index (κ2) is 7.39. The number of carbonyl (C=O) groups is 1. The number of nitrogens with zero attached hydrogens (tertiary/aromatic N) is 1. The minimum absolute atomic E-state index is 0.282. The highest BCUT2D eigenvalue weighted by Crippen LogP contribution is 2.33. The normalized spacial score (nSPS) is 14.5. The van der Waals surface area contributed by atoms with Crippen molar-refractivity contribution in [2.24, 2.45) is 11.7 Å². The summed E-state index contributed by atoms with van der Waals surface area (Å²) in [7, 11) is 0. The topological polar surface area (TPSA) is 68.0 Å². The molecule has 0 radical (unpaired) electrons. The zero-order valence-corrected chi connectivity index (χ0v) is 13.0. The van der Waals surface area contributed by atoms with Gasteiger partial charge in [0.2, 0.25) is 5.91 Å². The molecule has 4 heteroatoms. The van der Waals surface area contributed by atoms with Crippen LogP contribution in [0.15, 0.2) is 24.4 Å². The van der Waals surface area contributed by atoms with Crippen LogP contribution in [0.1, 0.15) is 46.2 Å². The van der Waals surface area contributed by atoms with Crippen LogP contribution in [0.25, 0.3) is 0 Å². The summed E-state index contributed by atoms with van der Waals surface area (Å²) in [6, 6.07) is 6.07. The van der Waals surface area contributed by atoms with Crippen LogP contribution in [0.5, 0.6) is 0 Å². The van der Waals surface area contributed by atoms with Crippen LogP contribution in [0, 0.1) is 5.92 Å². The van der Waals surface area contributed by atoms with E-state index < -0.39 is 5.41 Å². The Bertz CT molecular complexity index is 417. The largest absolute Gasteiger partial charge is 0.369 e. The number of carbonyl (C=O) groups excluding carboxylic acids is 1. The number of nitrogens with one attached hydrogen (secondary N) is 1. The molecule has 0 aliphatic carbocycles. The van der Waals surface area contributed by atoms with Crippen LogP contribution in [0.4, 0.5) is 0 Å². The van der Waals surface area contributed by atoms with Gasteiger partial charge >= 0.3 is 0 Å². The molecule has 0 fully saturated rings. The first-order valence-electron chi connectivity index (χ1n) is 7.33. The highest BCUT2D eigenvalue weighted by molar-refractivity contribution is 5.86. The van der Waals surface area contributed by atoms with E-state index in [2.05, 4.69) is 38.0 Å². The van der Waals surface area contributed by atoms with Crippen molar-refractivity contribution in [2.75, 3.05) is 6.54 Å². The molecule has 0 aromatic carbocycles. The maximum Gasteiger partial charge on any atom is 0.229 e. The minimum Gasteiger partial charge on any atom is -0.369 e. The molecule has 3 N–H and O–H groups in total. The number of pyridine rings is 1. The summed E-state index contributed by atoms with van der Waals surface area (Å²) in [5.41, 5.74) is 5.86. The second-order valence-electron chi connectivity index (χ2n) is 6.12. The van der Waals surface area contributed by atoms with Gasteiger partial charge in [0.05, 0.1) is 11.1 Å². The summed E-state index contributed by atoms with van der Waals surface area (Å²) < 4.78 is 0. The number of amides is 1. The summed E-state index contributed by atoms with van der Waals surface area (Å²) >= 11 is 0. The molecule has 112 valence electrons. The lowest BCUT2D eigenvalue weighted by Crippen LogP contribution is -2.45. The van der Waals surface area contributed by atoms with E-state index in [4.69, 9.17) is 5.73 Å². The van der Waals surface area contributed by atoms with Crippen molar-refractivity contribution >= 4 is 5.91 Å². The minimum atomic E-state index is -0.683. The molecule has 1 aromatic rings. The van der Waals surface area contributed by atoms with E-state index in [0.717, 1.165) is 18.7 Å². The van der Waals surface area contributed by atoms with Crippen molar-refractivity contribution < 1.29 is 4.79 Å². The monoisotopic (exact) mass is 277 g/mol. The lowest BCUT2D eigenvalue weighted by atomic mass is 9.73. The van der Waals surface area contributed by atoms with Crippen molar-refractivity contribution in [2.45, 2.75) is 52.0 Å². The summed E-state index contributed by atoms with van der Waals surface area (Å²) in [5.74, 6) is 0.0963. The molecule has 0 aliphatic heterocycles. The summed E-state index contributed by atoms with van der Waals surface area (Å²) in [6.45, 7) is 9.15. The number of nitrogens with two attached hydrogens (primary N) is 1. The molecule has 0 saturated carbocycles. The maximum atomic E-state index is 12.2. The third kappa shape index (κ3) is 4.30. The van der Waals surface area contributed by atoms with Gasteiger partial charge in [0, 0.05) is 12.2 Å². The molecule has 20 heavy (non-hydrogen) atoms. The van der Waals surface area contributed by atoms with Gasteiger partial charge in [0.25, 0.3) is 0 Å². The smallest absolute Gasteiger partial charge is 0.229 e. The highest BCUT2D eigenvalue weighted by Gasteiger charge is 2.39. The average molecular weight is 277 g/mol. The van der Waals surface area contributed by atoms with Crippen molar-refractivity contribution in [3.8, 4) is 0 Å². The average Bonchev–Trinajstić information content (AvgIpc) is 2.37. The fourth-order valence-electron chi connectivity index (χ4n) is 2.60. The van der Waals surface area contributed by atoms with Crippen LogP contribution in [-0.2, 0) is 10.2 Å². The molecule has 1 rings (SSSR count). The Morgan fingerprint density at radius 3 is 2.50 bits per heavy atom. The second-order valence-corrected chi connectivity index (χ2v) is 6.12. The lowest BCUT2D eigenvalue weighted by molar-refractivity contribution is -0.124. The van der Waals surface area contributed by atoms with Crippen molar-refractivity contribution in [3.63, 3.8) is 0 Å². The van der Waals surface area contributed by atoms with Crippen molar-refractivity contribution in [3.05, 3.63) is 30.1 Å². The third-order valence-electron chi connectivity index (χ3n) is 3.49. The highest BCUT2D eigenvalue weighted by atomic mass is 16.1. The molecular weight excluding hydrogens is 250 g/mol.